The maximum Gasteiger partial charge on any atom is 0.387 e. The molecule has 0 spiro atoms. The fourth-order valence-corrected chi connectivity index (χ4v) is 2.54. The molecule has 0 unspecified atom stereocenters. The summed E-state index contributed by atoms with van der Waals surface area (Å²) < 4.78 is 34.8. The average molecular weight is 390 g/mol. The summed E-state index contributed by atoms with van der Waals surface area (Å²) in [6, 6.07) is 6.18. The molecule has 0 aliphatic rings. The van der Waals surface area contributed by atoms with Crippen molar-refractivity contribution in [2.75, 3.05) is 5.32 Å². The fourth-order valence-electron chi connectivity index (χ4n) is 2.54. The van der Waals surface area contributed by atoms with Crippen molar-refractivity contribution in [3.63, 3.8) is 0 Å². The molecule has 1 N–H and O–H groups in total. The summed E-state index contributed by atoms with van der Waals surface area (Å²) in [6.45, 7) is 2.94. The van der Waals surface area contributed by atoms with Crippen molar-refractivity contribution in [3.05, 3.63) is 42.2 Å². The highest BCUT2D eigenvalue weighted by Crippen LogP contribution is 2.31. The third-order valence-corrected chi connectivity index (χ3v) is 3.93. The zero-order valence-electron chi connectivity index (χ0n) is 15.7. The molecule has 1 aromatic carbocycles. The number of nitrogens with zero attached hydrogens (tertiary/aromatic N) is 3. The van der Waals surface area contributed by atoms with Crippen LogP contribution in [-0.2, 0) is 16.6 Å². The first-order valence-electron chi connectivity index (χ1n) is 8.69. The van der Waals surface area contributed by atoms with Crippen molar-refractivity contribution < 1.29 is 22.8 Å². The number of hydrogen-bond donors (Lipinski definition) is 1. The predicted octanol–water partition coefficient (Wildman–Crippen LogP) is 4.09. The van der Waals surface area contributed by atoms with Crippen LogP contribution in [0.3, 0.4) is 0 Å². The molecule has 2 aromatic heterocycles. The van der Waals surface area contributed by atoms with E-state index >= 15 is 0 Å². The molecule has 28 heavy (non-hydrogen) atoms. The molecule has 0 fully saturated rings. The Morgan fingerprint density at radius 1 is 1.29 bits per heavy atom. The molecule has 0 aliphatic carbocycles. The number of ether oxygens (including phenoxy) is 1. The molecular weight excluding hydrogens is 370 g/mol. The van der Waals surface area contributed by atoms with E-state index < -0.39 is 6.61 Å². The minimum Gasteiger partial charge on any atom is -0.432 e. The zero-order valence-corrected chi connectivity index (χ0v) is 15.7. The Kier molecular flexibility index (Phi) is 5.53. The summed E-state index contributed by atoms with van der Waals surface area (Å²) in [5.41, 5.74) is 0.459. The van der Waals surface area contributed by atoms with Gasteiger partial charge < -0.3 is 14.6 Å². The number of rotatable bonds is 6. The van der Waals surface area contributed by atoms with Crippen LogP contribution >= 0.6 is 0 Å². The third kappa shape index (κ3) is 4.59. The van der Waals surface area contributed by atoms with E-state index in [1.54, 1.807) is 12.1 Å². The number of benzene rings is 1. The normalized spacial score (nSPS) is 11.8. The van der Waals surface area contributed by atoms with Gasteiger partial charge in [0.15, 0.2) is 11.6 Å². The Morgan fingerprint density at radius 3 is 2.75 bits per heavy atom. The molecule has 0 bridgehead atoms. The first kappa shape index (κ1) is 19.7. The van der Waals surface area contributed by atoms with E-state index in [1.165, 1.54) is 18.3 Å². The molecule has 0 saturated heterocycles. The first-order chi connectivity index (χ1) is 13.2. The van der Waals surface area contributed by atoms with E-state index in [0.29, 0.717) is 22.8 Å². The van der Waals surface area contributed by atoms with Crippen LogP contribution in [-0.4, -0.2) is 27.6 Å². The number of anilines is 1. The lowest BCUT2D eigenvalue weighted by atomic mass is 9.96. The van der Waals surface area contributed by atoms with Crippen LogP contribution in [0.5, 0.6) is 5.75 Å². The van der Waals surface area contributed by atoms with Crippen molar-refractivity contribution in [3.8, 4) is 5.75 Å². The standard InChI is InChI=1S/C19H20F2N4O3/c1-19(2,3)17-24-15(28-25-17)9-8-14(26)23-12-6-7-13(27-18(20)21)16-11(12)5-4-10-22-16/h4-7,10,18H,8-9H2,1-3H3,(H,23,26). The lowest BCUT2D eigenvalue weighted by Gasteiger charge is -2.12. The average Bonchev–Trinajstić information content (AvgIpc) is 3.11. The number of amides is 1. The third-order valence-electron chi connectivity index (χ3n) is 3.93. The number of carbonyl (C=O) groups excluding carboxylic acids is 1. The number of fused-ring (bicyclic) bond motifs is 1. The molecule has 3 aromatic rings. The molecule has 0 atom stereocenters. The number of pyridine rings is 1. The van der Waals surface area contributed by atoms with E-state index in [2.05, 4.69) is 25.2 Å². The minimum absolute atomic E-state index is 0.0517. The second kappa shape index (κ2) is 7.87. The van der Waals surface area contributed by atoms with Gasteiger partial charge in [0.05, 0.1) is 5.69 Å². The zero-order chi connectivity index (χ0) is 20.3. The van der Waals surface area contributed by atoms with Gasteiger partial charge in [-0.05, 0) is 24.3 Å². The number of halogens is 2. The molecule has 7 nitrogen and oxygen atoms in total. The number of hydrogen-bond acceptors (Lipinski definition) is 6. The summed E-state index contributed by atoms with van der Waals surface area (Å²) in [5.74, 6) is 0.634. The minimum atomic E-state index is -2.96. The van der Waals surface area contributed by atoms with Crippen LogP contribution < -0.4 is 10.1 Å². The SMILES string of the molecule is CC(C)(C)c1noc(CCC(=O)Nc2ccc(OC(F)F)c3ncccc23)n1. The van der Waals surface area contributed by atoms with Crippen LogP contribution in [0.2, 0.25) is 0 Å². The molecule has 148 valence electrons. The second-order valence-corrected chi connectivity index (χ2v) is 7.20. The van der Waals surface area contributed by atoms with Crippen LogP contribution in [0.1, 0.15) is 38.9 Å². The van der Waals surface area contributed by atoms with Crippen molar-refractivity contribution in [1.29, 1.82) is 0 Å². The maximum atomic E-state index is 12.6. The molecule has 2 heterocycles. The molecule has 0 radical (unpaired) electrons. The molecule has 0 saturated carbocycles. The summed E-state index contributed by atoms with van der Waals surface area (Å²) in [4.78, 5) is 20.7. The van der Waals surface area contributed by atoms with E-state index in [-0.39, 0.29) is 35.4 Å². The van der Waals surface area contributed by atoms with Crippen LogP contribution in [0.4, 0.5) is 14.5 Å². The topological polar surface area (TPSA) is 90.1 Å². The van der Waals surface area contributed by atoms with Gasteiger partial charge >= 0.3 is 6.61 Å². The Morgan fingerprint density at radius 2 is 2.07 bits per heavy atom. The van der Waals surface area contributed by atoms with Crippen LogP contribution in [0.25, 0.3) is 10.9 Å². The van der Waals surface area contributed by atoms with Gasteiger partial charge in [0, 0.05) is 29.8 Å². The highest BCUT2D eigenvalue weighted by atomic mass is 19.3. The van der Waals surface area contributed by atoms with Crippen LogP contribution in [0, 0.1) is 0 Å². The van der Waals surface area contributed by atoms with Gasteiger partial charge in [-0.1, -0.05) is 25.9 Å². The highest BCUT2D eigenvalue weighted by Gasteiger charge is 2.21. The maximum absolute atomic E-state index is 12.6. The van der Waals surface area contributed by atoms with E-state index in [1.807, 2.05) is 20.8 Å². The predicted molar refractivity (Wildman–Crippen MR) is 98.3 cm³/mol. The number of carbonyl (C=O) groups is 1. The van der Waals surface area contributed by atoms with Crippen molar-refractivity contribution >= 4 is 22.5 Å². The molecule has 3 rings (SSSR count). The van der Waals surface area contributed by atoms with Gasteiger partial charge in [-0.25, -0.2) is 0 Å². The Balaban J connectivity index is 1.70. The Hall–Kier alpha value is -3.10. The Bertz CT molecular complexity index is 983. The molecule has 1 amide bonds. The number of aromatic nitrogens is 3. The van der Waals surface area contributed by atoms with Gasteiger partial charge in [-0.3, -0.25) is 9.78 Å². The van der Waals surface area contributed by atoms with Crippen molar-refractivity contribution in [2.24, 2.45) is 0 Å². The van der Waals surface area contributed by atoms with Gasteiger partial charge in [0.25, 0.3) is 0 Å². The molecule has 0 aliphatic heterocycles. The van der Waals surface area contributed by atoms with Gasteiger partial charge in [-0.2, -0.15) is 13.8 Å². The monoisotopic (exact) mass is 390 g/mol. The lowest BCUT2D eigenvalue weighted by Crippen LogP contribution is -2.14. The number of alkyl halides is 2. The summed E-state index contributed by atoms with van der Waals surface area (Å²) in [6.07, 6.45) is 1.88. The largest absolute Gasteiger partial charge is 0.432 e. The van der Waals surface area contributed by atoms with Crippen molar-refractivity contribution in [2.45, 2.75) is 45.6 Å². The smallest absolute Gasteiger partial charge is 0.387 e. The van der Waals surface area contributed by atoms with E-state index in [4.69, 9.17) is 4.52 Å². The molecular formula is C19H20F2N4O3. The van der Waals surface area contributed by atoms with E-state index in [9.17, 15) is 13.6 Å². The number of nitrogens with one attached hydrogen (secondary N) is 1. The van der Waals surface area contributed by atoms with Crippen LogP contribution in [0.15, 0.2) is 35.0 Å². The van der Waals surface area contributed by atoms with Gasteiger partial charge in [-0.15, -0.1) is 0 Å². The summed E-state index contributed by atoms with van der Waals surface area (Å²) in [5, 5.41) is 7.18. The quantitative estimate of drug-likeness (QED) is 0.682. The van der Waals surface area contributed by atoms with E-state index in [0.717, 1.165) is 0 Å². The lowest BCUT2D eigenvalue weighted by molar-refractivity contribution is -0.116. The number of aryl methyl sites for hydroxylation is 1. The van der Waals surface area contributed by atoms with Crippen molar-refractivity contribution in [1.82, 2.24) is 15.1 Å². The Labute approximate surface area is 160 Å². The summed E-state index contributed by atoms with van der Waals surface area (Å²) >= 11 is 0. The molecule has 9 heteroatoms. The van der Waals surface area contributed by atoms with Gasteiger partial charge in [0.2, 0.25) is 11.8 Å². The highest BCUT2D eigenvalue weighted by molar-refractivity contribution is 6.02. The fraction of sp³-hybridized carbons (Fsp3) is 0.368. The second-order valence-electron chi connectivity index (χ2n) is 7.20. The van der Waals surface area contributed by atoms with Gasteiger partial charge in [0.1, 0.15) is 5.52 Å². The first-order valence-corrected chi connectivity index (χ1v) is 8.69. The summed E-state index contributed by atoms with van der Waals surface area (Å²) in [7, 11) is 0.